The molecular formula is C19H18N2OS. The molecule has 3 aromatic rings. The second-order valence-corrected chi connectivity index (χ2v) is 6.78. The number of benzene rings is 2. The highest BCUT2D eigenvalue weighted by Gasteiger charge is 2.27. The summed E-state index contributed by atoms with van der Waals surface area (Å²) in [6.45, 7) is 0. The second kappa shape index (κ2) is 6.20. The maximum absolute atomic E-state index is 5.30. The van der Waals surface area contributed by atoms with Gasteiger partial charge in [-0.15, -0.1) is 11.8 Å². The number of para-hydroxylation sites is 1. The van der Waals surface area contributed by atoms with Gasteiger partial charge < -0.3 is 4.74 Å². The predicted octanol–water partition coefficient (Wildman–Crippen LogP) is 4.81. The highest BCUT2D eigenvalue weighted by Crippen LogP contribution is 2.40. The Morgan fingerprint density at radius 2 is 1.96 bits per heavy atom. The van der Waals surface area contributed by atoms with Gasteiger partial charge in [0.25, 0.3) is 0 Å². The quantitative estimate of drug-likeness (QED) is 0.499. The molecule has 4 rings (SSSR count). The van der Waals surface area contributed by atoms with Crippen molar-refractivity contribution in [3.63, 3.8) is 0 Å². The molecule has 1 aliphatic carbocycles. The number of methoxy groups -OCH3 is 1. The van der Waals surface area contributed by atoms with Gasteiger partial charge in [0.2, 0.25) is 0 Å². The third-order valence-electron chi connectivity index (χ3n) is 4.04. The van der Waals surface area contributed by atoms with Gasteiger partial charge in [-0.25, -0.2) is 9.97 Å². The molecule has 3 nitrogen and oxygen atoms in total. The first kappa shape index (κ1) is 14.5. The predicted molar refractivity (Wildman–Crippen MR) is 94.1 cm³/mol. The summed E-state index contributed by atoms with van der Waals surface area (Å²) in [6, 6.07) is 16.5. The van der Waals surface area contributed by atoms with Crippen molar-refractivity contribution in [3.05, 3.63) is 59.9 Å². The molecule has 1 aliphatic rings. The van der Waals surface area contributed by atoms with Crippen LogP contribution in [-0.4, -0.2) is 17.1 Å². The number of hydrogen-bond acceptors (Lipinski definition) is 4. The van der Waals surface area contributed by atoms with E-state index in [1.165, 1.54) is 18.4 Å². The van der Waals surface area contributed by atoms with Gasteiger partial charge >= 0.3 is 0 Å². The van der Waals surface area contributed by atoms with Gasteiger partial charge in [0.1, 0.15) is 16.6 Å². The maximum Gasteiger partial charge on any atom is 0.133 e. The first-order chi connectivity index (χ1) is 11.3. The van der Waals surface area contributed by atoms with E-state index in [0.29, 0.717) is 5.92 Å². The second-order valence-electron chi connectivity index (χ2n) is 5.82. The SMILES string of the molecule is COc1cccc(CSc2nc(C3CC3)nc3ccccc23)c1. The van der Waals surface area contributed by atoms with Crippen LogP contribution in [0.15, 0.2) is 53.6 Å². The lowest BCUT2D eigenvalue weighted by Gasteiger charge is -2.08. The number of fused-ring (bicyclic) bond motifs is 1. The minimum atomic E-state index is 0.566. The van der Waals surface area contributed by atoms with E-state index < -0.39 is 0 Å². The van der Waals surface area contributed by atoms with E-state index >= 15 is 0 Å². The normalized spacial score (nSPS) is 14.1. The summed E-state index contributed by atoms with van der Waals surface area (Å²) in [5.74, 6) is 3.35. The molecule has 0 bridgehead atoms. The highest BCUT2D eigenvalue weighted by atomic mass is 32.2. The van der Waals surface area contributed by atoms with Crippen LogP contribution in [0.25, 0.3) is 10.9 Å². The number of hydrogen-bond donors (Lipinski definition) is 0. The molecule has 0 radical (unpaired) electrons. The van der Waals surface area contributed by atoms with Gasteiger partial charge in [0, 0.05) is 17.1 Å². The lowest BCUT2D eigenvalue weighted by molar-refractivity contribution is 0.414. The van der Waals surface area contributed by atoms with Crippen molar-refractivity contribution in [2.24, 2.45) is 0 Å². The average molecular weight is 322 g/mol. The maximum atomic E-state index is 5.30. The van der Waals surface area contributed by atoms with Gasteiger partial charge in [-0.05, 0) is 36.6 Å². The summed E-state index contributed by atoms with van der Waals surface area (Å²) in [5.41, 5.74) is 2.29. The summed E-state index contributed by atoms with van der Waals surface area (Å²) in [6.07, 6.45) is 2.44. The van der Waals surface area contributed by atoms with E-state index in [-0.39, 0.29) is 0 Å². The largest absolute Gasteiger partial charge is 0.497 e. The number of aromatic nitrogens is 2. The summed E-state index contributed by atoms with van der Waals surface area (Å²) >= 11 is 1.77. The van der Waals surface area contributed by atoms with Gasteiger partial charge in [0.15, 0.2) is 0 Å². The molecule has 1 heterocycles. The fourth-order valence-corrected chi connectivity index (χ4v) is 3.58. The zero-order valence-corrected chi connectivity index (χ0v) is 13.8. The Labute approximate surface area is 140 Å². The van der Waals surface area contributed by atoms with Crippen LogP contribution in [0.5, 0.6) is 5.75 Å². The van der Waals surface area contributed by atoms with Gasteiger partial charge in [-0.3, -0.25) is 0 Å². The lowest BCUT2D eigenvalue weighted by atomic mass is 10.2. The van der Waals surface area contributed by atoms with Gasteiger partial charge in [-0.2, -0.15) is 0 Å². The summed E-state index contributed by atoms with van der Waals surface area (Å²) in [5, 5.41) is 2.23. The van der Waals surface area contributed by atoms with Crippen molar-refractivity contribution in [1.29, 1.82) is 0 Å². The Morgan fingerprint density at radius 3 is 2.78 bits per heavy atom. The van der Waals surface area contributed by atoms with Crippen molar-refractivity contribution in [1.82, 2.24) is 9.97 Å². The fraction of sp³-hybridized carbons (Fsp3) is 0.263. The summed E-state index contributed by atoms with van der Waals surface area (Å²) in [7, 11) is 1.70. The summed E-state index contributed by atoms with van der Waals surface area (Å²) in [4.78, 5) is 9.58. The lowest BCUT2D eigenvalue weighted by Crippen LogP contribution is -1.96. The van der Waals surface area contributed by atoms with E-state index in [0.717, 1.165) is 33.3 Å². The van der Waals surface area contributed by atoms with Crippen molar-refractivity contribution in [2.45, 2.75) is 29.5 Å². The van der Waals surface area contributed by atoms with E-state index in [9.17, 15) is 0 Å². The molecule has 1 fully saturated rings. The molecule has 1 saturated carbocycles. The minimum absolute atomic E-state index is 0.566. The van der Waals surface area contributed by atoms with Crippen molar-refractivity contribution < 1.29 is 4.74 Å². The van der Waals surface area contributed by atoms with Crippen molar-refractivity contribution in [3.8, 4) is 5.75 Å². The molecule has 116 valence electrons. The molecule has 1 aromatic heterocycles. The molecule has 4 heteroatoms. The minimum Gasteiger partial charge on any atom is -0.497 e. The average Bonchev–Trinajstić information content (AvgIpc) is 3.45. The molecule has 0 unspecified atom stereocenters. The Hall–Kier alpha value is -2.07. The van der Waals surface area contributed by atoms with Crippen LogP contribution in [0.4, 0.5) is 0 Å². The van der Waals surface area contributed by atoms with E-state index in [1.807, 2.05) is 18.2 Å². The Morgan fingerprint density at radius 1 is 1.09 bits per heavy atom. The smallest absolute Gasteiger partial charge is 0.133 e. The van der Waals surface area contributed by atoms with E-state index in [2.05, 4.69) is 30.3 Å². The van der Waals surface area contributed by atoms with Crippen molar-refractivity contribution >= 4 is 22.7 Å². The van der Waals surface area contributed by atoms with Crippen LogP contribution < -0.4 is 4.74 Å². The van der Waals surface area contributed by atoms with E-state index in [1.54, 1.807) is 18.9 Å². The van der Waals surface area contributed by atoms with Crippen LogP contribution in [0.2, 0.25) is 0 Å². The Bertz CT molecular complexity index is 846. The monoisotopic (exact) mass is 322 g/mol. The van der Waals surface area contributed by atoms with Gasteiger partial charge in [0.05, 0.1) is 12.6 Å². The number of ether oxygens (including phenoxy) is 1. The first-order valence-electron chi connectivity index (χ1n) is 7.86. The number of rotatable bonds is 5. The van der Waals surface area contributed by atoms with Crippen molar-refractivity contribution in [2.75, 3.05) is 7.11 Å². The molecule has 2 aromatic carbocycles. The molecule has 0 N–H and O–H groups in total. The first-order valence-corrected chi connectivity index (χ1v) is 8.84. The topological polar surface area (TPSA) is 35.0 Å². The van der Waals surface area contributed by atoms with Gasteiger partial charge in [-0.1, -0.05) is 30.3 Å². The summed E-state index contributed by atoms with van der Waals surface area (Å²) < 4.78 is 5.30. The number of thioether (sulfide) groups is 1. The third-order valence-corrected chi connectivity index (χ3v) is 5.10. The Balaban J connectivity index is 1.64. The van der Waals surface area contributed by atoms with Crippen LogP contribution in [0.3, 0.4) is 0 Å². The molecule has 0 spiro atoms. The molecule has 0 saturated heterocycles. The molecule has 0 amide bonds. The van der Waals surface area contributed by atoms with Crippen LogP contribution in [0, 0.1) is 0 Å². The standard InChI is InChI=1S/C19H18N2OS/c1-22-15-6-4-5-13(11-15)12-23-19-16-7-2-3-8-17(16)20-18(21-19)14-9-10-14/h2-8,11,14H,9-10,12H2,1H3. The molecule has 23 heavy (non-hydrogen) atoms. The van der Waals surface area contributed by atoms with Crippen LogP contribution in [0.1, 0.15) is 30.1 Å². The Kier molecular flexibility index (Phi) is 3.92. The zero-order valence-electron chi connectivity index (χ0n) is 13.0. The molecule has 0 atom stereocenters. The fourth-order valence-electron chi connectivity index (χ4n) is 2.61. The molecular weight excluding hydrogens is 304 g/mol. The highest BCUT2D eigenvalue weighted by molar-refractivity contribution is 7.98. The van der Waals surface area contributed by atoms with Crippen LogP contribution >= 0.6 is 11.8 Å². The van der Waals surface area contributed by atoms with Crippen LogP contribution in [-0.2, 0) is 5.75 Å². The molecule has 0 aliphatic heterocycles. The third kappa shape index (κ3) is 3.17. The zero-order chi connectivity index (χ0) is 15.6. The number of nitrogens with zero attached hydrogens (tertiary/aromatic N) is 2. The van der Waals surface area contributed by atoms with E-state index in [4.69, 9.17) is 14.7 Å².